The Balaban J connectivity index is 2.61. The van der Waals surface area contributed by atoms with Crippen molar-refractivity contribution in [2.75, 3.05) is 0 Å². The molecule has 0 aromatic carbocycles. The second-order valence-electron chi connectivity index (χ2n) is 8.96. The summed E-state index contributed by atoms with van der Waals surface area (Å²) in [7, 11) is 0. The molecule has 0 spiro atoms. The first-order valence-electron chi connectivity index (χ1n) is 12.0. The van der Waals surface area contributed by atoms with E-state index >= 15 is 0 Å². The quantitative estimate of drug-likeness (QED) is 0.499. The van der Waals surface area contributed by atoms with Gasteiger partial charge in [-0.15, -0.1) is 0 Å². The fourth-order valence-corrected chi connectivity index (χ4v) is 4.04. The molecule has 1 rings (SSSR count). The van der Waals surface area contributed by atoms with Crippen LogP contribution in [-0.2, 0) is 9.53 Å². The maximum atomic E-state index is 12.1. The third kappa shape index (κ3) is 14.9. The molecule has 6 nitrogen and oxygen atoms in total. The number of carbonyl (C=O) groups excluding carboxylic acids is 1. The van der Waals surface area contributed by atoms with E-state index in [1.165, 1.54) is 50.7 Å². The van der Waals surface area contributed by atoms with E-state index in [0.29, 0.717) is 19.3 Å². The molecule has 0 aromatic rings. The Morgan fingerprint density at radius 3 is 1.83 bits per heavy atom. The lowest BCUT2D eigenvalue weighted by molar-refractivity contribution is -0.145. The molecule has 0 bridgehead atoms. The zero-order valence-electron chi connectivity index (χ0n) is 18.8. The molecule has 4 N–H and O–H groups in total. The maximum Gasteiger partial charge on any atom is 0.330 e. The van der Waals surface area contributed by atoms with Crippen LogP contribution >= 0.6 is 0 Å². The van der Waals surface area contributed by atoms with Gasteiger partial charge in [0.25, 0.3) is 0 Å². The molecule has 6 heteroatoms. The highest BCUT2D eigenvalue weighted by atomic mass is 16.5. The molecule has 1 heterocycles. The van der Waals surface area contributed by atoms with Crippen molar-refractivity contribution in [3.05, 3.63) is 12.2 Å². The van der Waals surface area contributed by atoms with Crippen LogP contribution in [0, 0.1) is 0 Å². The normalized spacial score (nSPS) is 32.2. The second kappa shape index (κ2) is 16.7. The smallest absolute Gasteiger partial charge is 0.330 e. The van der Waals surface area contributed by atoms with Crippen LogP contribution in [0.15, 0.2) is 12.2 Å². The van der Waals surface area contributed by atoms with Crippen molar-refractivity contribution >= 4 is 5.97 Å². The van der Waals surface area contributed by atoms with Crippen LogP contribution in [0.1, 0.15) is 103 Å². The molecule has 5 atom stereocenters. The predicted octanol–water partition coefficient (Wildman–Crippen LogP) is 3.78. The van der Waals surface area contributed by atoms with E-state index < -0.39 is 36.5 Å². The van der Waals surface area contributed by atoms with E-state index in [4.69, 9.17) is 4.74 Å². The molecule has 176 valence electrons. The third-order valence-electron chi connectivity index (χ3n) is 5.71. The first-order valence-corrected chi connectivity index (χ1v) is 12.0. The summed E-state index contributed by atoms with van der Waals surface area (Å²) in [6.07, 6.45) is 12.7. The average molecular weight is 429 g/mol. The molecular formula is C24H44O6. The monoisotopic (exact) mass is 428 g/mol. The van der Waals surface area contributed by atoms with Crippen molar-refractivity contribution in [1.82, 2.24) is 0 Å². The first kappa shape index (κ1) is 27.1. The predicted molar refractivity (Wildman–Crippen MR) is 118 cm³/mol. The van der Waals surface area contributed by atoms with Gasteiger partial charge in [-0.25, -0.2) is 4.79 Å². The number of carbonyl (C=O) groups is 1. The van der Waals surface area contributed by atoms with Crippen molar-refractivity contribution in [1.29, 1.82) is 0 Å². The van der Waals surface area contributed by atoms with Crippen molar-refractivity contribution in [2.24, 2.45) is 0 Å². The largest absolute Gasteiger partial charge is 0.459 e. The summed E-state index contributed by atoms with van der Waals surface area (Å²) >= 11 is 0. The number of aliphatic hydroxyl groups excluding tert-OH is 4. The van der Waals surface area contributed by atoms with Crippen LogP contribution < -0.4 is 0 Å². The molecule has 0 unspecified atom stereocenters. The van der Waals surface area contributed by atoms with E-state index in [9.17, 15) is 25.2 Å². The van der Waals surface area contributed by atoms with E-state index in [1.807, 2.05) is 0 Å². The fraction of sp³-hybridized carbons (Fsp3) is 0.875. The highest BCUT2D eigenvalue weighted by Crippen LogP contribution is 2.18. The van der Waals surface area contributed by atoms with E-state index in [-0.39, 0.29) is 12.8 Å². The van der Waals surface area contributed by atoms with Crippen LogP contribution in [0.2, 0.25) is 0 Å². The Kier molecular flexibility index (Phi) is 15.1. The maximum absolute atomic E-state index is 12.1. The van der Waals surface area contributed by atoms with Gasteiger partial charge in [0.1, 0.15) is 6.10 Å². The molecular weight excluding hydrogens is 384 g/mol. The van der Waals surface area contributed by atoms with Gasteiger partial charge in [-0.2, -0.15) is 0 Å². The van der Waals surface area contributed by atoms with Crippen LogP contribution in [-0.4, -0.2) is 56.9 Å². The lowest BCUT2D eigenvalue weighted by Crippen LogP contribution is -2.27. The first-order chi connectivity index (χ1) is 14.4. The summed E-state index contributed by atoms with van der Waals surface area (Å²) < 4.78 is 5.40. The van der Waals surface area contributed by atoms with Crippen molar-refractivity contribution in [3.63, 3.8) is 0 Å². The summed E-state index contributed by atoms with van der Waals surface area (Å²) in [4.78, 5) is 12.1. The minimum absolute atomic E-state index is 0.194. The van der Waals surface area contributed by atoms with Crippen LogP contribution in [0.4, 0.5) is 0 Å². The Morgan fingerprint density at radius 2 is 1.33 bits per heavy atom. The summed E-state index contributed by atoms with van der Waals surface area (Å²) in [5, 5.41) is 40.1. The van der Waals surface area contributed by atoms with E-state index in [0.717, 1.165) is 25.7 Å². The Bertz CT molecular complexity index is 465. The topological polar surface area (TPSA) is 107 Å². The van der Waals surface area contributed by atoms with Crippen LogP contribution in [0.5, 0.6) is 0 Å². The van der Waals surface area contributed by atoms with Gasteiger partial charge >= 0.3 is 5.97 Å². The van der Waals surface area contributed by atoms with Gasteiger partial charge in [-0.1, -0.05) is 64.2 Å². The summed E-state index contributed by atoms with van der Waals surface area (Å²) in [5.74, 6) is -0.608. The van der Waals surface area contributed by atoms with Crippen molar-refractivity contribution in [2.45, 2.75) is 134 Å². The van der Waals surface area contributed by atoms with Gasteiger partial charge in [0.15, 0.2) is 0 Å². The third-order valence-corrected chi connectivity index (χ3v) is 5.71. The fourth-order valence-electron chi connectivity index (χ4n) is 4.04. The number of rotatable bonds is 2. The summed E-state index contributed by atoms with van der Waals surface area (Å²) in [6.45, 7) is 1.63. The molecule has 0 fully saturated rings. The number of aliphatic hydroxyl groups is 4. The van der Waals surface area contributed by atoms with Gasteiger partial charge in [0.05, 0.1) is 24.4 Å². The van der Waals surface area contributed by atoms with Crippen LogP contribution in [0.25, 0.3) is 0 Å². The average Bonchev–Trinajstić information content (AvgIpc) is 2.66. The standard InChI is InChI=1S/C24H44O6/c1-19(25)16-23-18-21(27)13-11-9-7-5-3-2-4-6-8-10-12-20(26)17-22(28)14-15-24(29)30-23/h14-15,19-23,25-28H,2-13,16-18H2,1H3/b15-14+/t19-,20+,21-,22-,23-/m1/s1. The summed E-state index contributed by atoms with van der Waals surface area (Å²) in [5.41, 5.74) is 0. The lowest BCUT2D eigenvalue weighted by atomic mass is 10.00. The van der Waals surface area contributed by atoms with Crippen molar-refractivity contribution in [3.8, 4) is 0 Å². The molecule has 0 saturated carbocycles. The highest BCUT2D eigenvalue weighted by molar-refractivity contribution is 5.82. The number of cyclic esters (lactones) is 1. The Labute approximate surface area is 182 Å². The molecule has 0 aromatic heterocycles. The zero-order chi connectivity index (χ0) is 22.2. The number of hydrogen-bond acceptors (Lipinski definition) is 6. The van der Waals surface area contributed by atoms with Gasteiger partial charge in [0, 0.05) is 25.3 Å². The molecule has 0 radical (unpaired) electrons. The Hall–Kier alpha value is -0.950. The van der Waals surface area contributed by atoms with E-state index in [2.05, 4.69) is 0 Å². The Morgan fingerprint density at radius 1 is 0.867 bits per heavy atom. The number of hydrogen-bond donors (Lipinski definition) is 4. The highest BCUT2D eigenvalue weighted by Gasteiger charge is 2.20. The van der Waals surface area contributed by atoms with E-state index in [1.54, 1.807) is 6.92 Å². The van der Waals surface area contributed by atoms with Gasteiger partial charge in [-0.05, 0) is 25.8 Å². The molecule has 0 saturated heterocycles. The van der Waals surface area contributed by atoms with Crippen molar-refractivity contribution < 1.29 is 30.0 Å². The van der Waals surface area contributed by atoms with Gasteiger partial charge in [0.2, 0.25) is 0 Å². The zero-order valence-corrected chi connectivity index (χ0v) is 18.8. The molecule has 1 aliphatic heterocycles. The molecule has 0 amide bonds. The SMILES string of the molecule is C[C@@H](O)C[C@@H]1C[C@H](O)CCCCCCCCCCCC[C@H](O)C[C@H](O)/C=C/C(=O)O1. The summed E-state index contributed by atoms with van der Waals surface area (Å²) in [6, 6.07) is 0. The minimum atomic E-state index is -0.911. The van der Waals surface area contributed by atoms with Gasteiger partial charge < -0.3 is 25.2 Å². The molecule has 30 heavy (non-hydrogen) atoms. The minimum Gasteiger partial charge on any atom is -0.459 e. The molecule has 0 aliphatic carbocycles. The number of ether oxygens (including phenoxy) is 1. The second-order valence-corrected chi connectivity index (χ2v) is 8.96. The van der Waals surface area contributed by atoms with Crippen LogP contribution in [0.3, 0.4) is 0 Å². The lowest BCUT2D eigenvalue weighted by Gasteiger charge is -2.21. The number of esters is 1. The molecule has 1 aliphatic rings. The van der Waals surface area contributed by atoms with Gasteiger partial charge in [-0.3, -0.25) is 0 Å².